The van der Waals surface area contributed by atoms with Crippen LogP contribution in [0.1, 0.15) is 13.3 Å². The Hall–Kier alpha value is -1.12. The van der Waals surface area contributed by atoms with E-state index in [2.05, 4.69) is 15.9 Å². The lowest BCUT2D eigenvalue weighted by Crippen LogP contribution is -2.26. The maximum absolute atomic E-state index is 12.2. The van der Waals surface area contributed by atoms with Crippen molar-refractivity contribution in [2.24, 2.45) is 5.92 Å². The molecule has 0 aromatic heterocycles. The molecule has 0 bridgehead atoms. The molecule has 0 saturated carbocycles. The van der Waals surface area contributed by atoms with Gasteiger partial charge in [0, 0.05) is 36.2 Å². The first-order valence-electron chi connectivity index (χ1n) is 6.36. The van der Waals surface area contributed by atoms with E-state index in [1.54, 1.807) is 0 Å². The summed E-state index contributed by atoms with van der Waals surface area (Å²) in [5.74, 6) is 0.265. The minimum atomic E-state index is -0.559. The minimum absolute atomic E-state index is 0.0152. The zero-order valence-corrected chi connectivity index (χ0v) is 14.7. The maximum Gasteiger partial charge on any atom is 0.295 e. The van der Waals surface area contributed by atoms with Crippen molar-refractivity contribution in [2.75, 3.05) is 17.2 Å². The molecule has 0 aliphatic carbocycles. The quantitative estimate of drug-likeness (QED) is 0.562. The maximum atomic E-state index is 12.2. The van der Waals surface area contributed by atoms with Gasteiger partial charge in [-0.15, -0.1) is 0 Å². The standard InChI is InChI=1S/C13H12BrClN2O4S/c1-7(18)22-6-8-2-12(19)16(5-8)13-10(15)3-9(14)4-11(13)17(20)21/h3-4,8H,2,5-6H2,1H3. The van der Waals surface area contributed by atoms with Gasteiger partial charge in [0.1, 0.15) is 5.69 Å². The molecule has 0 radical (unpaired) electrons. The molecule has 1 amide bonds. The highest BCUT2D eigenvalue weighted by Crippen LogP contribution is 2.41. The highest BCUT2D eigenvalue weighted by molar-refractivity contribution is 9.10. The van der Waals surface area contributed by atoms with Gasteiger partial charge in [-0.1, -0.05) is 39.3 Å². The van der Waals surface area contributed by atoms with Crippen LogP contribution in [0.25, 0.3) is 0 Å². The van der Waals surface area contributed by atoms with Gasteiger partial charge in [-0.2, -0.15) is 0 Å². The predicted molar refractivity (Wildman–Crippen MR) is 89.4 cm³/mol. The second-order valence-electron chi connectivity index (χ2n) is 4.89. The highest BCUT2D eigenvalue weighted by atomic mass is 79.9. The lowest BCUT2D eigenvalue weighted by molar-refractivity contribution is -0.384. The summed E-state index contributed by atoms with van der Waals surface area (Å²) in [6.07, 6.45) is 0.254. The lowest BCUT2D eigenvalue weighted by atomic mass is 10.1. The van der Waals surface area contributed by atoms with Crippen molar-refractivity contribution in [1.29, 1.82) is 0 Å². The predicted octanol–water partition coefficient (Wildman–Crippen LogP) is 3.64. The summed E-state index contributed by atoms with van der Waals surface area (Å²) >= 11 is 10.4. The number of nitrogens with zero attached hydrogens (tertiary/aromatic N) is 2. The van der Waals surface area contributed by atoms with Crippen LogP contribution in [0, 0.1) is 16.0 Å². The number of rotatable bonds is 4. The molecule has 1 atom stereocenters. The van der Waals surface area contributed by atoms with Crippen LogP contribution < -0.4 is 4.90 Å². The molecule has 0 spiro atoms. The molecule has 1 aliphatic rings. The first kappa shape index (κ1) is 17.2. The van der Waals surface area contributed by atoms with Crippen LogP contribution >= 0.6 is 39.3 Å². The number of carbonyl (C=O) groups is 2. The number of hydrogen-bond acceptors (Lipinski definition) is 5. The van der Waals surface area contributed by atoms with Crippen molar-refractivity contribution in [1.82, 2.24) is 0 Å². The Balaban J connectivity index is 2.30. The van der Waals surface area contributed by atoms with Crippen LogP contribution in [-0.2, 0) is 9.59 Å². The number of anilines is 1. The molecule has 6 nitrogen and oxygen atoms in total. The first-order chi connectivity index (χ1) is 10.3. The SMILES string of the molecule is CC(=O)SCC1CC(=O)N(c2c(Cl)cc(Br)cc2[N+](=O)[O-])C1. The summed E-state index contributed by atoms with van der Waals surface area (Å²) in [4.78, 5) is 35.2. The molecular formula is C13H12BrClN2O4S. The number of nitro groups is 1. The summed E-state index contributed by atoms with van der Waals surface area (Å²) in [5.41, 5.74) is -0.0946. The van der Waals surface area contributed by atoms with Gasteiger partial charge in [0.05, 0.1) is 9.95 Å². The van der Waals surface area contributed by atoms with Gasteiger partial charge in [0.25, 0.3) is 5.69 Å². The van der Waals surface area contributed by atoms with Crippen LogP contribution in [0.4, 0.5) is 11.4 Å². The van der Waals surface area contributed by atoms with Crippen LogP contribution in [-0.4, -0.2) is 28.2 Å². The van der Waals surface area contributed by atoms with Gasteiger partial charge in [-0.25, -0.2) is 0 Å². The third-order valence-corrected chi connectivity index (χ3v) is 4.99. The van der Waals surface area contributed by atoms with Crippen LogP contribution in [0.5, 0.6) is 0 Å². The Morgan fingerprint density at radius 2 is 2.27 bits per heavy atom. The monoisotopic (exact) mass is 406 g/mol. The number of carbonyl (C=O) groups excluding carboxylic acids is 2. The van der Waals surface area contributed by atoms with E-state index in [0.29, 0.717) is 16.8 Å². The third kappa shape index (κ3) is 3.80. The number of benzene rings is 1. The van der Waals surface area contributed by atoms with Gasteiger partial charge >= 0.3 is 0 Å². The Bertz CT molecular complexity index is 655. The molecule has 1 unspecified atom stereocenters. The number of nitro benzene ring substituents is 1. The average Bonchev–Trinajstić information content (AvgIpc) is 2.76. The summed E-state index contributed by atoms with van der Waals surface area (Å²) in [6.45, 7) is 1.79. The van der Waals surface area contributed by atoms with Crippen molar-refractivity contribution in [3.63, 3.8) is 0 Å². The van der Waals surface area contributed by atoms with Crippen LogP contribution in [0.15, 0.2) is 16.6 Å². The van der Waals surface area contributed by atoms with Crippen molar-refractivity contribution in [2.45, 2.75) is 13.3 Å². The van der Waals surface area contributed by atoms with Gasteiger partial charge in [0.2, 0.25) is 5.91 Å². The normalized spacial score (nSPS) is 17.9. The lowest BCUT2D eigenvalue weighted by Gasteiger charge is -2.18. The van der Waals surface area contributed by atoms with E-state index in [9.17, 15) is 19.7 Å². The van der Waals surface area contributed by atoms with E-state index < -0.39 is 4.92 Å². The third-order valence-electron chi connectivity index (χ3n) is 3.20. The molecule has 22 heavy (non-hydrogen) atoms. The van der Waals surface area contributed by atoms with Crippen LogP contribution in [0.3, 0.4) is 0 Å². The van der Waals surface area contributed by atoms with Crippen molar-refractivity contribution >= 4 is 61.7 Å². The number of amides is 1. The molecule has 9 heteroatoms. The van der Waals surface area contributed by atoms with E-state index in [1.165, 1.54) is 24.0 Å². The van der Waals surface area contributed by atoms with Gasteiger partial charge in [-0.3, -0.25) is 19.7 Å². The molecule has 1 aliphatic heterocycles. The fraction of sp³-hybridized carbons (Fsp3) is 0.385. The Morgan fingerprint density at radius 1 is 1.59 bits per heavy atom. The fourth-order valence-electron chi connectivity index (χ4n) is 2.30. The van der Waals surface area contributed by atoms with Gasteiger partial charge < -0.3 is 4.90 Å². The van der Waals surface area contributed by atoms with E-state index >= 15 is 0 Å². The minimum Gasteiger partial charge on any atom is -0.305 e. The Kier molecular flexibility index (Phi) is 5.46. The topological polar surface area (TPSA) is 80.5 Å². The Labute approximate surface area is 144 Å². The number of hydrogen-bond donors (Lipinski definition) is 0. The number of thioether (sulfide) groups is 1. The fourth-order valence-corrected chi connectivity index (χ4v) is 3.89. The second-order valence-corrected chi connectivity index (χ2v) is 7.41. The van der Waals surface area contributed by atoms with E-state index in [1.807, 2.05) is 0 Å². The summed E-state index contributed by atoms with van der Waals surface area (Å²) in [6, 6.07) is 2.85. The molecule has 1 aromatic rings. The second kappa shape index (κ2) is 6.97. The van der Waals surface area contributed by atoms with E-state index in [4.69, 9.17) is 11.6 Å². The van der Waals surface area contributed by atoms with Gasteiger partial charge in [0.15, 0.2) is 5.12 Å². The molecule has 2 rings (SSSR count). The van der Waals surface area contributed by atoms with Crippen molar-refractivity contribution < 1.29 is 14.5 Å². The molecule has 1 saturated heterocycles. The first-order valence-corrected chi connectivity index (χ1v) is 8.52. The number of halogens is 2. The molecule has 1 heterocycles. The molecular weight excluding hydrogens is 396 g/mol. The molecule has 118 valence electrons. The van der Waals surface area contributed by atoms with Gasteiger partial charge in [-0.05, 0) is 12.0 Å². The van der Waals surface area contributed by atoms with Crippen molar-refractivity contribution in [3.05, 3.63) is 31.7 Å². The zero-order valence-electron chi connectivity index (χ0n) is 11.5. The van der Waals surface area contributed by atoms with Crippen LogP contribution in [0.2, 0.25) is 5.02 Å². The Morgan fingerprint density at radius 3 is 2.86 bits per heavy atom. The van der Waals surface area contributed by atoms with E-state index in [0.717, 1.165) is 11.8 Å². The smallest absolute Gasteiger partial charge is 0.295 e. The van der Waals surface area contributed by atoms with E-state index in [-0.39, 0.29) is 39.8 Å². The molecule has 0 N–H and O–H groups in total. The summed E-state index contributed by atoms with van der Waals surface area (Å²) in [7, 11) is 0. The summed E-state index contributed by atoms with van der Waals surface area (Å²) in [5, 5.41) is 11.4. The average molecular weight is 408 g/mol. The molecule has 1 fully saturated rings. The zero-order chi connectivity index (χ0) is 16.4. The highest BCUT2D eigenvalue weighted by Gasteiger charge is 2.36. The van der Waals surface area contributed by atoms with Crippen molar-refractivity contribution in [3.8, 4) is 0 Å². The largest absolute Gasteiger partial charge is 0.305 e. The summed E-state index contributed by atoms with van der Waals surface area (Å²) < 4.78 is 0.475. The molecule has 1 aromatic carbocycles.